The molecule has 1 saturated heterocycles. The SMILES string of the molecule is O=C(O)CC1(Oc2cccc([N+](=O)[O-])c2Br)CNC1. The summed E-state index contributed by atoms with van der Waals surface area (Å²) in [7, 11) is 0. The lowest BCUT2D eigenvalue weighted by Gasteiger charge is -2.41. The third kappa shape index (κ3) is 2.85. The predicted molar refractivity (Wildman–Crippen MR) is 69.3 cm³/mol. The number of rotatable bonds is 5. The van der Waals surface area contributed by atoms with E-state index < -0.39 is 16.5 Å². The van der Waals surface area contributed by atoms with Crippen molar-refractivity contribution in [3.63, 3.8) is 0 Å². The van der Waals surface area contributed by atoms with Crippen molar-refractivity contribution in [3.8, 4) is 5.75 Å². The van der Waals surface area contributed by atoms with E-state index in [0.29, 0.717) is 13.1 Å². The van der Waals surface area contributed by atoms with Gasteiger partial charge in [0.2, 0.25) is 0 Å². The third-order valence-electron chi connectivity index (χ3n) is 2.83. The maximum Gasteiger partial charge on any atom is 0.307 e. The van der Waals surface area contributed by atoms with Crippen LogP contribution in [0.25, 0.3) is 0 Å². The summed E-state index contributed by atoms with van der Waals surface area (Å²) in [5, 5.41) is 22.6. The van der Waals surface area contributed by atoms with Gasteiger partial charge in [-0.2, -0.15) is 0 Å². The molecule has 0 aromatic heterocycles. The molecule has 1 aliphatic rings. The van der Waals surface area contributed by atoms with E-state index in [0.717, 1.165) is 0 Å². The van der Waals surface area contributed by atoms with Crippen LogP contribution in [0.5, 0.6) is 5.75 Å². The Morgan fingerprint density at radius 1 is 1.58 bits per heavy atom. The van der Waals surface area contributed by atoms with E-state index in [1.165, 1.54) is 12.1 Å². The average molecular weight is 331 g/mol. The standard InChI is InChI=1S/C11H11BrN2O5/c12-10-7(14(17)18)2-1-3-8(10)19-11(4-9(15)16)5-13-6-11/h1-3,13H,4-6H2,(H,15,16). The van der Waals surface area contributed by atoms with Crippen molar-refractivity contribution in [2.24, 2.45) is 0 Å². The normalized spacial score (nSPS) is 16.5. The molecule has 0 atom stereocenters. The van der Waals surface area contributed by atoms with Crippen LogP contribution in [0, 0.1) is 10.1 Å². The van der Waals surface area contributed by atoms with E-state index in [4.69, 9.17) is 9.84 Å². The molecule has 19 heavy (non-hydrogen) atoms. The van der Waals surface area contributed by atoms with Gasteiger partial charge in [-0.15, -0.1) is 0 Å². The van der Waals surface area contributed by atoms with Crippen LogP contribution in [0.2, 0.25) is 0 Å². The molecule has 1 aromatic rings. The Bertz CT molecular complexity index is 530. The average Bonchev–Trinajstić information content (AvgIpc) is 2.27. The largest absolute Gasteiger partial charge is 0.483 e. The first-order valence-electron chi connectivity index (χ1n) is 5.48. The van der Waals surface area contributed by atoms with Crippen molar-refractivity contribution in [2.45, 2.75) is 12.0 Å². The lowest BCUT2D eigenvalue weighted by atomic mass is 9.92. The molecule has 2 rings (SSSR count). The molecule has 0 spiro atoms. The minimum atomic E-state index is -0.969. The van der Waals surface area contributed by atoms with Crippen molar-refractivity contribution >= 4 is 27.6 Å². The summed E-state index contributed by atoms with van der Waals surface area (Å²) in [6, 6.07) is 4.41. The number of carboxylic acid groups (broad SMARTS) is 1. The molecule has 0 aliphatic carbocycles. The lowest BCUT2D eigenvalue weighted by molar-refractivity contribution is -0.385. The Labute approximate surface area is 116 Å². The number of aliphatic carboxylic acids is 1. The van der Waals surface area contributed by atoms with Gasteiger partial charge in [0.1, 0.15) is 15.8 Å². The first kappa shape index (κ1) is 13.8. The Morgan fingerprint density at radius 2 is 2.26 bits per heavy atom. The number of nitro groups is 1. The Kier molecular flexibility index (Phi) is 3.72. The molecule has 0 bridgehead atoms. The highest BCUT2D eigenvalue weighted by Gasteiger charge is 2.42. The highest BCUT2D eigenvalue weighted by atomic mass is 79.9. The Hall–Kier alpha value is -1.67. The number of carbonyl (C=O) groups is 1. The Morgan fingerprint density at radius 3 is 2.74 bits per heavy atom. The van der Waals surface area contributed by atoms with Crippen molar-refractivity contribution in [3.05, 3.63) is 32.8 Å². The number of nitrogens with zero attached hydrogens (tertiary/aromatic N) is 1. The minimum Gasteiger partial charge on any atom is -0.483 e. The van der Waals surface area contributed by atoms with Crippen molar-refractivity contribution in [2.75, 3.05) is 13.1 Å². The molecule has 1 aromatic carbocycles. The number of carboxylic acids is 1. The predicted octanol–water partition coefficient (Wildman–Crippen LogP) is 1.55. The monoisotopic (exact) mass is 330 g/mol. The van der Waals surface area contributed by atoms with Crippen LogP contribution in [0.1, 0.15) is 6.42 Å². The zero-order valence-corrected chi connectivity index (χ0v) is 11.3. The molecular formula is C11H11BrN2O5. The zero-order chi connectivity index (χ0) is 14.0. The molecule has 0 radical (unpaired) electrons. The number of halogens is 1. The van der Waals surface area contributed by atoms with Gasteiger partial charge in [-0.05, 0) is 22.0 Å². The summed E-state index contributed by atoms with van der Waals surface area (Å²) in [5.74, 6) is -0.694. The molecule has 1 aliphatic heterocycles. The fourth-order valence-electron chi connectivity index (χ4n) is 1.86. The number of benzene rings is 1. The van der Waals surface area contributed by atoms with Crippen LogP contribution in [0.4, 0.5) is 5.69 Å². The minimum absolute atomic E-state index is 0.116. The van der Waals surface area contributed by atoms with Crippen LogP contribution in [0.15, 0.2) is 22.7 Å². The van der Waals surface area contributed by atoms with Crippen LogP contribution >= 0.6 is 15.9 Å². The fraction of sp³-hybridized carbons (Fsp3) is 0.364. The summed E-state index contributed by atoms with van der Waals surface area (Å²) < 4.78 is 5.89. The second-order valence-electron chi connectivity index (χ2n) is 4.31. The van der Waals surface area contributed by atoms with Gasteiger partial charge >= 0.3 is 5.97 Å². The van der Waals surface area contributed by atoms with E-state index >= 15 is 0 Å². The highest BCUT2D eigenvalue weighted by molar-refractivity contribution is 9.10. The van der Waals surface area contributed by atoms with Crippen molar-refractivity contribution in [1.29, 1.82) is 0 Å². The second-order valence-corrected chi connectivity index (χ2v) is 5.10. The molecule has 8 heteroatoms. The summed E-state index contributed by atoms with van der Waals surface area (Å²) in [5.41, 5.74) is -0.959. The fourth-order valence-corrected chi connectivity index (χ4v) is 2.36. The maximum absolute atomic E-state index is 10.8. The van der Waals surface area contributed by atoms with Gasteiger partial charge in [-0.25, -0.2) is 0 Å². The number of ether oxygens (including phenoxy) is 1. The van der Waals surface area contributed by atoms with Crippen molar-refractivity contribution in [1.82, 2.24) is 5.32 Å². The zero-order valence-electron chi connectivity index (χ0n) is 9.76. The van der Waals surface area contributed by atoms with Gasteiger partial charge in [0, 0.05) is 19.2 Å². The molecule has 0 saturated carbocycles. The number of hydrogen-bond acceptors (Lipinski definition) is 5. The smallest absolute Gasteiger partial charge is 0.307 e. The summed E-state index contributed by atoms with van der Waals surface area (Å²) >= 11 is 3.12. The van der Waals surface area contributed by atoms with Gasteiger partial charge in [0.15, 0.2) is 0 Å². The third-order valence-corrected chi connectivity index (χ3v) is 3.63. The van der Waals surface area contributed by atoms with E-state index in [2.05, 4.69) is 21.2 Å². The summed E-state index contributed by atoms with van der Waals surface area (Å²) in [6.45, 7) is 0.795. The second kappa shape index (κ2) is 5.14. The highest BCUT2D eigenvalue weighted by Crippen LogP contribution is 2.37. The maximum atomic E-state index is 10.8. The van der Waals surface area contributed by atoms with E-state index in [1.54, 1.807) is 6.07 Å². The van der Waals surface area contributed by atoms with Crippen LogP contribution in [0.3, 0.4) is 0 Å². The topological polar surface area (TPSA) is 102 Å². The number of nitro benzene ring substituents is 1. The summed E-state index contributed by atoms with van der Waals surface area (Å²) in [6.07, 6.45) is -0.158. The molecule has 1 heterocycles. The molecule has 0 amide bonds. The molecular weight excluding hydrogens is 320 g/mol. The van der Waals surface area contributed by atoms with Crippen LogP contribution in [-0.4, -0.2) is 34.7 Å². The van der Waals surface area contributed by atoms with Crippen LogP contribution in [-0.2, 0) is 4.79 Å². The first-order valence-corrected chi connectivity index (χ1v) is 6.27. The van der Waals surface area contributed by atoms with Gasteiger partial charge in [0.25, 0.3) is 5.69 Å². The van der Waals surface area contributed by atoms with Gasteiger partial charge < -0.3 is 15.2 Å². The quantitative estimate of drug-likeness (QED) is 0.627. The molecule has 1 fully saturated rings. The number of hydrogen-bond donors (Lipinski definition) is 2. The molecule has 7 nitrogen and oxygen atoms in total. The molecule has 2 N–H and O–H groups in total. The van der Waals surface area contributed by atoms with Gasteiger partial charge in [0.05, 0.1) is 11.3 Å². The van der Waals surface area contributed by atoms with Gasteiger partial charge in [-0.3, -0.25) is 14.9 Å². The molecule has 0 unspecified atom stereocenters. The van der Waals surface area contributed by atoms with Gasteiger partial charge in [-0.1, -0.05) is 6.07 Å². The van der Waals surface area contributed by atoms with E-state index in [9.17, 15) is 14.9 Å². The van der Waals surface area contributed by atoms with E-state index in [1.807, 2.05) is 0 Å². The number of nitrogens with one attached hydrogen (secondary N) is 1. The van der Waals surface area contributed by atoms with Crippen molar-refractivity contribution < 1.29 is 19.6 Å². The van der Waals surface area contributed by atoms with Crippen LogP contribution < -0.4 is 10.1 Å². The van der Waals surface area contributed by atoms with E-state index in [-0.39, 0.29) is 22.3 Å². The summed E-state index contributed by atoms with van der Waals surface area (Å²) in [4.78, 5) is 21.1. The Balaban J connectivity index is 2.25. The lowest BCUT2D eigenvalue weighted by Crippen LogP contribution is -2.64. The molecule has 102 valence electrons. The first-order chi connectivity index (χ1) is 8.93.